The van der Waals surface area contributed by atoms with Crippen LogP contribution in [0.25, 0.3) is 0 Å². The van der Waals surface area contributed by atoms with E-state index in [1.54, 1.807) is 0 Å². The van der Waals surface area contributed by atoms with Gasteiger partial charge in [-0.3, -0.25) is 4.79 Å². The number of carbonyl (C=O) groups excluding carboxylic acids is 1. The second kappa shape index (κ2) is 7.36. The maximum Gasteiger partial charge on any atom is 0.313 e. The summed E-state index contributed by atoms with van der Waals surface area (Å²) in [5.41, 5.74) is 0.424. The molecule has 1 unspecified atom stereocenters. The van der Waals surface area contributed by atoms with E-state index in [-0.39, 0.29) is 12.0 Å². The van der Waals surface area contributed by atoms with Gasteiger partial charge in [-0.15, -0.1) is 0 Å². The lowest BCUT2D eigenvalue weighted by molar-refractivity contribution is -0.152. The first-order chi connectivity index (χ1) is 10.4. The number of hydrogen-bond acceptors (Lipinski definition) is 3. The maximum absolute atomic E-state index is 12.3. The highest BCUT2D eigenvalue weighted by molar-refractivity contribution is 6.30. The summed E-state index contributed by atoms with van der Waals surface area (Å²) in [5.74, 6) is 0.322. The van der Waals surface area contributed by atoms with E-state index >= 15 is 0 Å². The minimum atomic E-state index is -0.573. The smallest absolute Gasteiger partial charge is 0.313 e. The van der Waals surface area contributed by atoms with E-state index in [2.05, 4.69) is 5.32 Å². The minimum Gasteiger partial charge on any atom is -0.469 e. The van der Waals surface area contributed by atoms with Crippen molar-refractivity contribution < 1.29 is 9.53 Å². The molecule has 1 aromatic carbocycles. The van der Waals surface area contributed by atoms with E-state index in [4.69, 9.17) is 16.3 Å². The van der Waals surface area contributed by atoms with Crippen molar-refractivity contribution in [2.24, 2.45) is 11.3 Å². The summed E-state index contributed by atoms with van der Waals surface area (Å²) >= 11 is 5.96. The first kappa shape index (κ1) is 17.1. The second-order valence-electron chi connectivity index (χ2n) is 6.74. The zero-order valence-corrected chi connectivity index (χ0v) is 14.5. The van der Waals surface area contributed by atoms with Gasteiger partial charge < -0.3 is 10.1 Å². The van der Waals surface area contributed by atoms with Gasteiger partial charge in [0.15, 0.2) is 0 Å². The van der Waals surface area contributed by atoms with Crippen LogP contribution in [0, 0.1) is 11.3 Å². The molecule has 3 nitrogen and oxygen atoms in total. The highest BCUT2D eigenvalue weighted by Gasteiger charge is 2.42. The number of carbonyl (C=O) groups is 1. The van der Waals surface area contributed by atoms with Crippen molar-refractivity contribution in [2.75, 3.05) is 12.4 Å². The summed E-state index contributed by atoms with van der Waals surface area (Å²) in [7, 11) is 1.46. The van der Waals surface area contributed by atoms with Crippen LogP contribution in [0.4, 0.5) is 5.69 Å². The summed E-state index contributed by atoms with van der Waals surface area (Å²) < 4.78 is 5.04. The molecule has 4 heteroatoms. The first-order valence-corrected chi connectivity index (χ1v) is 8.43. The predicted molar refractivity (Wildman–Crippen MR) is 91.2 cm³/mol. The van der Waals surface area contributed by atoms with Crippen molar-refractivity contribution >= 4 is 23.3 Å². The fraction of sp³-hybridized carbons (Fsp3) is 0.611. The number of benzene rings is 1. The number of anilines is 1. The molecule has 1 N–H and O–H groups in total. The van der Waals surface area contributed by atoms with Crippen LogP contribution in [0.2, 0.25) is 5.02 Å². The minimum absolute atomic E-state index is 0.0569. The Hall–Kier alpha value is -1.22. The summed E-state index contributed by atoms with van der Waals surface area (Å²) in [4.78, 5) is 12.3. The predicted octanol–water partition coefficient (Wildman–Crippen LogP) is 4.90. The maximum atomic E-state index is 12.3. The molecule has 22 heavy (non-hydrogen) atoms. The SMILES string of the molecule is COC(=O)C(C)(C)C(Nc1ccc(Cl)cc1)C1CCCCC1. The van der Waals surface area contributed by atoms with Crippen LogP contribution in [0.3, 0.4) is 0 Å². The molecule has 2 rings (SSSR count). The van der Waals surface area contributed by atoms with Gasteiger partial charge in [-0.1, -0.05) is 30.9 Å². The molecule has 0 bridgehead atoms. The molecule has 0 amide bonds. The molecule has 1 aromatic rings. The van der Waals surface area contributed by atoms with Crippen LogP contribution in [0.5, 0.6) is 0 Å². The number of hydrogen-bond donors (Lipinski definition) is 1. The highest BCUT2D eigenvalue weighted by Crippen LogP contribution is 2.37. The Morgan fingerprint density at radius 2 is 1.82 bits per heavy atom. The van der Waals surface area contributed by atoms with Gasteiger partial charge in [-0.05, 0) is 56.9 Å². The molecule has 1 fully saturated rings. The van der Waals surface area contributed by atoms with Crippen LogP contribution in [-0.4, -0.2) is 19.1 Å². The van der Waals surface area contributed by atoms with Gasteiger partial charge in [-0.25, -0.2) is 0 Å². The fourth-order valence-electron chi connectivity index (χ4n) is 3.47. The quantitative estimate of drug-likeness (QED) is 0.783. The standard InChI is InChI=1S/C18H26ClNO2/c1-18(2,17(21)22-3)16(13-7-5-4-6-8-13)20-15-11-9-14(19)10-12-15/h9-13,16,20H,4-8H2,1-3H3. The van der Waals surface area contributed by atoms with Crippen molar-refractivity contribution in [1.82, 2.24) is 0 Å². The Morgan fingerprint density at radius 3 is 2.36 bits per heavy atom. The molecule has 1 atom stereocenters. The second-order valence-corrected chi connectivity index (χ2v) is 7.18. The van der Waals surface area contributed by atoms with Gasteiger partial charge in [0.1, 0.15) is 0 Å². The van der Waals surface area contributed by atoms with Crippen molar-refractivity contribution in [3.63, 3.8) is 0 Å². The van der Waals surface area contributed by atoms with Crippen LogP contribution in [-0.2, 0) is 9.53 Å². The lowest BCUT2D eigenvalue weighted by atomic mass is 9.72. The lowest BCUT2D eigenvalue weighted by Crippen LogP contribution is -2.48. The van der Waals surface area contributed by atoms with Gasteiger partial charge in [0, 0.05) is 16.8 Å². The van der Waals surface area contributed by atoms with Crippen LogP contribution < -0.4 is 5.32 Å². The Balaban J connectivity index is 2.24. The van der Waals surface area contributed by atoms with Crippen molar-refractivity contribution in [3.05, 3.63) is 29.3 Å². The van der Waals surface area contributed by atoms with Crippen LogP contribution in [0.1, 0.15) is 46.0 Å². The zero-order valence-electron chi connectivity index (χ0n) is 13.7. The topological polar surface area (TPSA) is 38.3 Å². The summed E-state index contributed by atoms with van der Waals surface area (Å²) in [6.45, 7) is 3.95. The summed E-state index contributed by atoms with van der Waals surface area (Å²) in [5, 5.41) is 4.29. The molecule has 0 aromatic heterocycles. The molecule has 0 radical (unpaired) electrons. The first-order valence-electron chi connectivity index (χ1n) is 8.05. The lowest BCUT2D eigenvalue weighted by Gasteiger charge is -2.40. The van der Waals surface area contributed by atoms with Gasteiger partial charge in [0.05, 0.1) is 12.5 Å². The van der Waals surface area contributed by atoms with Crippen molar-refractivity contribution in [2.45, 2.75) is 52.0 Å². The number of nitrogens with one attached hydrogen (secondary N) is 1. The molecule has 0 heterocycles. The monoisotopic (exact) mass is 323 g/mol. The molecular formula is C18H26ClNO2. The molecule has 1 aliphatic rings. The third kappa shape index (κ3) is 3.95. The average molecular weight is 324 g/mol. The normalized spacial score (nSPS) is 17.8. The Bertz CT molecular complexity index is 492. The molecule has 0 saturated heterocycles. The van der Waals surface area contributed by atoms with E-state index in [0.29, 0.717) is 10.9 Å². The number of halogens is 1. The molecule has 1 saturated carbocycles. The Kier molecular flexibility index (Phi) is 5.74. The van der Waals surface area contributed by atoms with E-state index < -0.39 is 5.41 Å². The molecule has 0 aliphatic heterocycles. The number of esters is 1. The van der Waals surface area contributed by atoms with Gasteiger partial charge in [0.25, 0.3) is 0 Å². The van der Waals surface area contributed by atoms with E-state index in [9.17, 15) is 4.79 Å². The van der Waals surface area contributed by atoms with Crippen molar-refractivity contribution in [3.8, 4) is 0 Å². The number of ether oxygens (including phenoxy) is 1. The fourth-order valence-corrected chi connectivity index (χ4v) is 3.60. The number of rotatable bonds is 5. The third-order valence-corrected chi connectivity index (χ3v) is 5.03. The van der Waals surface area contributed by atoms with E-state index in [1.807, 2.05) is 38.1 Å². The highest BCUT2D eigenvalue weighted by atomic mass is 35.5. The van der Waals surface area contributed by atoms with Crippen LogP contribution >= 0.6 is 11.6 Å². The summed E-state index contributed by atoms with van der Waals surface area (Å²) in [6, 6.07) is 7.72. The molecule has 0 spiro atoms. The van der Waals surface area contributed by atoms with E-state index in [0.717, 1.165) is 18.5 Å². The van der Waals surface area contributed by atoms with Crippen molar-refractivity contribution in [1.29, 1.82) is 0 Å². The van der Waals surface area contributed by atoms with Gasteiger partial charge in [-0.2, -0.15) is 0 Å². The Morgan fingerprint density at radius 1 is 1.23 bits per heavy atom. The number of methoxy groups -OCH3 is 1. The van der Waals surface area contributed by atoms with Gasteiger partial charge >= 0.3 is 5.97 Å². The average Bonchev–Trinajstić information content (AvgIpc) is 2.54. The van der Waals surface area contributed by atoms with Gasteiger partial charge in [0.2, 0.25) is 0 Å². The Labute approximate surface area is 138 Å². The third-order valence-electron chi connectivity index (χ3n) is 4.78. The molecular weight excluding hydrogens is 298 g/mol. The zero-order chi connectivity index (χ0) is 16.2. The molecule has 122 valence electrons. The largest absolute Gasteiger partial charge is 0.469 e. The van der Waals surface area contributed by atoms with E-state index in [1.165, 1.54) is 26.4 Å². The summed E-state index contributed by atoms with van der Waals surface area (Å²) in [6.07, 6.45) is 6.08. The van der Waals surface area contributed by atoms with Crippen LogP contribution in [0.15, 0.2) is 24.3 Å². The molecule has 1 aliphatic carbocycles.